The molecule has 9 heteroatoms. The van der Waals surface area contributed by atoms with Gasteiger partial charge in [-0.2, -0.15) is 0 Å². The third-order valence-electron chi connectivity index (χ3n) is 3.79. The van der Waals surface area contributed by atoms with Crippen LogP contribution in [0.25, 0.3) is 6.08 Å². The van der Waals surface area contributed by atoms with Gasteiger partial charge in [0.05, 0.1) is 5.69 Å². The molecule has 0 atom stereocenters. The first-order valence-corrected chi connectivity index (χ1v) is 10.1. The van der Waals surface area contributed by atoms with Crippen molar-refractivity contribution in [2.75, 3.05) is 23.8 Å². The predicted molar refractivity (Wildman–Crippen MR) is 106 cm³/mol. The summed E-state index contributed by atoms with van der Waals surface area (Å²) in [6.07, 6.45) is 1.43. The molecular weight excluding hydrogens is 382 g/mol. The van der Waals surface area contributed by atoms with E-state index in [9.17, 15) is 18.0 Å². The van der Waals surface area contributed by atoms with Gasteiger partial charge in [0.25, 0.3) is 5.91 Å². The lowest BCUT2D eigenvalue weighted by atomic mass is 10.2. The topological polar surface area (TPSA) is 114 Å². The fraction of sp³-hybridized carbons (Fsp3) is 0.158. The minimum Gasteiger partial charge on any atom is -0.482 e. The number of hydrogen-bond donors (Lipinski definition) is 3. The first-order valence-electron chi connectivity index (χ1n) is 8.51. The zero-order valence-electron chi connectivity index (χ0n) is 14.8. The lowest BCUT2D eigenvalue weighted by Gasteiger charge is -2.18. The maximum atomic E-state index is 12.0. The average Bonchev–Trinajstić information content (AvgIpc) is 2.67. The molecule has 0 bridgehead atoms. The molecule has 2 amide bonds. The Labute approximate surface area is 162 Å². The highest BCUT2D eigenvalue weighted by Crippen LogP contribution is 2.30. The lowest BCUT2D eigenvalue weighted by molar-refractivity contribution is -0.118. The van der Waals surface area contributed by atoms with Crippen LogP contribution in [0.4, 0.5) is 11.4 Å². The Bertz CT molecular complexity index is 1000. The van der Waals surface area contributed by atoms with Gasteiger partial charge in [-0.05, 0) is 29.8 Å². The van der Waals surface area contributed by atoms with Crippen molar-refractivity contribution in [3.05, 3.63) is 59.5 Å². The number of amides is 2. The van der Waals surface area contributed by atoms with Crippen LogP contribution < -0.4 is 20.1 Å². The van der Waals surface area contributed by atoms with Crippen LogP contribution in [0.5, 0.6) is 5.75 Å². The molecule has 0 spiro atoms. The predicted octanol–water partition coefficient (Wildman–Crippen LogP) is 1.94. The van der Waals surface area contributed by atoms with Crippen LogP contribution in [0, 0.1) is 0 Å². The Morgan fingerprint density at radius 1 is 1.18 bits per heavy atom. The van der Waals surface area contributed by atoms with E-state index in [0.717, 1.165) is 11.0 Å². The smallest absolute Gasteiger partial charge is 0.262 e. The number of nitrogens with one attached hydrogen (secondary N) is 3. The Morgan fingerprint density at radius 3 is 2.75 bits per heavy atom. The van der Waals surface area contributed by atoms with Crippen molar-refractivity contribution in [3.8, 4) is 5.75 Å². The van der Waals surface area contributed by atoms with E-state index in [2.05, 4.69) is 15.4 Å². The van der Waals surface area contributed by atoms with E-state index in [1.54, 1.807) is 30.3 Å². The van der Waals surface area contributed by atoms with Gasteiger partial charge in [-0.25, -0.2) is 13.1 Å². The largest absolute Gasteiger partial charge is 0.482 e. The van der Waals surface area contributed by atoms with Crippen LogP contribution in [-0.4, -0.2) is 33.4 Å². The summed E-state index contributed by atoms with van der Waals surface area (Å²) < 4.78 is 31.5. The molecule has 2 aromatic carbocycles. The van der Waals surface area contributed by atoms with Crippen molar-refractivity contribution < 1.29 is 22.7 Å². The number of rotatable bonds is 7. The SMILES string of the molecule is O=C(CCNS(=O)(=O)C=Cc1ccccc1)Nc1ccc2c(c1)NC(=O)CO2. The molecule has 0 unspecified atom stereocenters. The number of hydrogen-bond acceptors (Lipinski definition) is 5. The third-order valence-corrected chi connectivity index (χ3v) is 4.89. The highest BCUT2D eigenvalue weighted by molar-refractivity contribution is 7.92. The van der Waals surface area contributed by atoms with Crippen molar-refractivity contribution in [1.82, 2.24) is 4.72 Å². The molecule has 8 nitrogen and oxygen atoms in total. The molecule has 0 aromatic heterocycles. The van der Waals surface area contributed by atoms with Crippen LogP contribution in [0.1, 0.15) is 12.0 Å². The average molecular weight is 401 g/mol. The van der Waals surface area contributed by atoms with E-state index in [0.29, 0.717) is 17.1 Å². The number of fused-ring (bicyclic) bond motifs is 1. The molecule has 1 aliphatic rings. The normalized spacial score (nSPS) is 13.5. The summed E-state index contributed by atoms with van der Waals surface area (Å²) in [4.78, 5) is 23.4. The van der Waals surface area contributed by atoms with Crippen molar-refractivity contribution in [1.29, 1.82) is 0 Å². The van der Waals surface area contributed by atoms with Gasteiger partial charge in [0, 0.05) is 24.1 Å². The summed E-state index contributed by atoms with van der Waals surface area (Å²) in [6.45, 7) is -0.0876. The van der Waals surface area contributed by atoms with Crippen LogP contribution in [0.15, 0.2) is 53.9 Å². The summed E-state index contributed by atoms with van der Waals surface area (Å²) in [5.41, 5.74) is 1.70. The summed E-state index contributed by atoms with van der Waals surface area (Å²) in [5, 5.41) is 6.36. The molecule has 0 saturated heterocycles. The van der Waals surface area contributed by atoms with Crippen molar-refractivity contribution >= 4 is 39.3 Å². The minimum atomic E-state index is -3.64. The molecule has 28 heavy (non-hydrogen) atoms. The molecule has 146 valence electrons. The summed E-state index contributed by atoms with van der Waals surface area (Å²) in [5.74, 6) is -0.109. The van der Waals surface area contributed by atoms with Crippen LogP contribution in [-0.2, 0) is 19.6 Å². The Morgan fingerprint density at radius 2 is 1.96 bits per heavy atom. The molecule has 0 aliphatic carbocycles. The van der Waals surface area contributed by atoms with Gasteiger partial charge in [0.2, 0.25) is 15.9 Å². The van der Waals surface area contributed by atoms with E-state index >= 15 is 0 Å². The Hall–Kier alpha value is -3.17. The summed E-state index contributed by atoms with van der Waals surface area (Å²) in [6, 6.07) is 13.9. The zero-order valence-corrected chi connectivity index (χ0v) is 15.7. The van der Waals surface area contributed by atoms with Gasteiger partial charge in [-0.3, -0.25) is 9.59 Å². The van der Waals surface area contributed by atoms with Crippen LogP contribution >= 0.6 is 0 Å². The highest BCUT2D eigenvalue weighted by atomic mass is 32.2. The van der Waals surface area contributed by atoms with E-state index in [1.807, 2.05) is 18.2 Å². The molecular formula is C19H19N3O5S. The van der Waals surface area contributed by atoms with Crippen LogP contribution in [0.3, 0.4) is 0 Å². The Kier molecular flexibility index (Phi) is 6.07. The van der Waals surface area contributed by atoms with E-state index in [1.165, 1.54) is 6.08 Å². The van der Waals surface area contributed by atoms with Gasteiger partial charge < -0.3 is 15.4 Å². The van der Waals surface area contributed by atoms with Gasteiger partial charge >= 0.3 is 0 Å². The second-order valence-electron chi connectivity index (χ2n) is 6.00. The summed E-state index contributed by atoms with van der Waals surface area (Å²) >= 11 is 0. The first-order chi connectivity index (χ1) is 13.4. The van der Waals surface area contributed by atoms with Crippen molar-refractivity contribution in [3.63, 3.8) is 0 Å². The summed E-state index contributed by atoms with van der Waals surface area (Å²) in [7, 11) is -3.64. The number of anilines is 2. The second-order valence-corrected chi connectivity index (χ2v) is 7.65. The quantitative estimate of drug-likeness (QED) is 0.656. The number of carbonyl (C=O) groups is 2. The second kappa shape index (κ2) is 8.68. The molecule has 0 saturated carbocycles. The van der Waals surface area contributed by atoms with E-state index in [4.69, 9.17) is 4.74 Å². The Balaban J connectivity index is 1.48. The number of ether oxygens (including phenoxy) is 1. The van der Waals surface area contributed by atoms with Crippen molar-refractivity contribution in [2.24, 2.45) is 0 Å². The van der Waals surface area contributed by atoms with Gasteiger partial charge in [0.1, 0.15) is 5.75 Å². The lowest BCUT2D eigenvalue weighted by Crippen LogP contribution is -2.26. The van der Waals surface area contributed by atoms with Gasteiger partial charge in [0.15, 0.2) is 6.61 Å². The van der Waals surface area contributed by atoms with Gasteiger partial charge in [-0.15, -0.1) is 0 Å². The zero-order chi connectivity index (χ0) is 20.0. The third kappa shape index (κ3) is 5.66. The highest BCUT2D eigenvalue weighted by Gasteiger charge is 2.16. The molecule has 2 aromatic rings. The minimum absolute atomic E-state index is 0.0433. The van der Waals surface area contributed by atoms with Gasteiger partial charge in [-0.1, -0.05) is 30.3 Å². The maximum Gasteiger partial charge on any atom is 0.262 e. The number of sulfonamides is 1. The molecule has 3 rings (SSSR count). The fourth-order valence-corrected chi connectivity index (χ4v) is 3.29. The fourth-order valence-electron chi connectivity index (χ4n) is 2.47. The van der Waals surface area contributed by atoms with Crippen molar-refractivity contribution in [2.45, 2.75) is 6.42 Å². The molecule has 0 fully saturated rings. The number of benzene rings is 2. The van der Waals surface area contributed by atoms with E-state index < -0.39 is 10.0 Å². The first kappa shape index (κ1) is 19.6. The maximum absolute atomic E-state index is 12.0. The number of carbonyl (C=O) groups excluding carboxylic acids is 2. The standard InChI is InChI=1S/C19H19N3O5S/c23-18(21-15-6-7-17-16(12-15)22-19(24)13-27-17)8-10-20-28(25,26)11-9-14-4-2-1-3-5-14/h1-7,9,11-12,20H,8,10,13H2,(H,21,23)(H,22,24). The van der Waals surface area contributed by atoms with Crippen LogP contribution in [0.2, 0.25) is 0 Å². The molecule has 3 N–H and O–H groups in total. The van der Waals surface area contributed by atoms with E-state index in [-0.39, 0.29) is 31.4 Å². The monoisotopic (exact) mass is 401 g/mol. The molecule has 1 aliphatic heterocycles. The molecule has 1 heterocycles. The molecule has 0 radical (unpaired) electrons.